The van der Waals surface area contributed by atoms with Crippen molar-refractivity contribution in [2.24, 2.45) is 0 Å². The summed E-state index contributed by atoms with van der Waals surface area (Å²) in [6, 6.07) is 18.2. The summed E-state index contributed by atoms with van der Waals surface area (Å²) in [6.45, 7) is 4.54. The van der Waals surface area contributed by atoms with Gasteiger partial charge in [0.15, 0.2) is 0 Å². The molecular formula is C23H22N4O4S. The quantitative estimate of drug-likeness (QED) is 0.310. The van der Waals surface area contributed by atoms with E-state index < -0.39 is 14.9 Å². The fraction of sp³-hybridized carbons (Fsp3) is 0.174. The molecule has 0 aliphatic carbocycles. The van der Waals surface area contributed by atoms with Crippen LogP contribution in [0.15, 0.2) is 71.6 Å². The molecule has 0 spiro atoms. The minimum atomic E-state index is -3.81. The van der Waals surface area contributed by atoms with Crippen LogP contribution < -0.4 is 4.72 Å². The number of benzene rings is 3. The predicted octanol–water partition coefficient (Wildman–Crippen LogP) is 5.13. The van der Waals surface area contributed by atoms with Gasteiger partial charge in [-0.1, -0.05) is 36.8 Å². The van der Waals surface area contributed by atoms with Gasteiger partial charge in [-0.2, -0.15) is 0 Å². The number of nitrogens with one attached hydrogen (secondary N) is 1. The second kappa shape index (κ2) is 8.43. The van der Waals surface area contributed by atoms with Crippen molar-refractivity contribution in [1.82, 2.24) is 9.55 Å². The molecule has 0 unspecified atom stereocenters. The van der Waals surface area contributed by atoms with E-state index in [1.54, 1.807) is 54.6 Å². The highest BCUT2D eigenvalue weighted by Crippen LogP contribution is 2.33. The first-order valence-electron chi connectivity index (χ1n) is 10.1. The number of nitro groups is 1. The number of nitro benzene ring substituents is 1. The molecule has 3 aromatic carbocycles. The van der Waals surface area contributed by atoms with Crippen molar-refractivity contribution in [3.05, 3.63) is 82.4 Å². The van der Waals surface area contributed by atoms with Gasteiger partial charge in [0.05, 0.1) is 26.5 Å². The lowest BCUT2D eigenvalue weighted by molar-refractivity contribution is -0.384. The molecule has 0 bridgehead atoms. The summed E-state index contributed by atoms with van der Waals surface area (Å²) < 4.78 is 30.6. The first-order chi connectivity index (χ1) is 15.3. The van der Waals surface area contributed by atoms with E-state index in [-0.39, 0.29) is 10.6 Å². The van der Waals surface area contributed by atoms with E-state index in [1.165, 1.54) is 12.1 Å². The van der Waals surface area contributed by atoms with Gasteiger partial charge >= 0.3 is 0 Å². The Balaban J connectivity index is 1.83. The summed E-state index contributed by atoms with van der Waals surface area (Å²) in [5, 5.41) is 11.2. The van der Waals surface area contributed by atoms with Crippen LogP contribution in [0.25, 0.3) is 22.4 Å². The smallest absolute Gasteiger partial charge is 0.271 e. The number of hydrogen-bond donors (Lipinski definition) is 1. The molecule has 0 amide bonds. The molecule has 164 valence electrons. The summed E-state index contributed by atoms with van der Waals surface area (Å²) >= 11 is 0. The van der Waals surface area contributed by atoms with E-state index in [0.717, 1.165) is 17.5 Å². The van der Waals surface area contributed by atoms with Crippen LogP contribution >= 0.6 is 0 Å². The van der Waals surface area contributed by atoms with Crippen LogP contribution in [0.2, 0.25) is 0 Å². The van der Waals surface area contributed by atoms with Crippen molar-refractivity contribution in [3.63, 3.8) is 0 Å². The fourth-order valence-electron chi connectivity index (χ4n) is 3.58. The summed E-state index contributed by atoms with van der Waals surface area (Å²) in [7, 11) is -3.81. The maximum Gasteiger partial charge on any atom is 0.271 e. The lowest BCUT2D eigenvalue weighted by Gasteiger charge is -2.14. The van der Waals surface area contributed by atoms with Crippen molar-refractivity contribution in [3.8, 4) is 11.4 Å². The zero-order valence-electron chi connectivity index (χ0n) is 17.6. The predicted molar refractivity (Wildman–Crippen MR) is 124 cm³/mol. The molecule has 0 aliphatic heterocycles. The highest BCUT2D eigenvalue weighted by molar-refractivity contribution is 7.92. The Kier molecular flexibility index (Phi) is 5.67. The molecule has 1 heterocycles. The number of non-ortho nitro benzene ring substituents is 1. The highest BCUT2D eigenvalue weighted by atomic mass is 32.2. The number of aromatic nitrogens is 2. The Morgan fingerprint density at radius 2 is 1.78 bits per heavy atom. The number of aryl methyl sites for hydroxylation is 2. The fourth-order valence-corrected chi connectivity index (χ4v) is 4.66. The Bertz CT molecular complexity index is 1410. The van der Waals surface area contributed by atoms with E-state index in [4.69, 9.17) is 0 Å². The Labute approximate surface area is 185 Å². The molecule has 1 aromatic heterocycles. The van der Waals surface area contributed by atoms with Crippen LogP contribution in [0.1, 0.15) is 18.9 Å². The van der Waals surface area contributed by atoms with Crippen LogP contribution in [0.4, 0.5) is 11.4 Å². The molecule has 0 saturated heterocycles. The van der Waals surface area contributed by atoms with Crippen LogP contribution in [-0.4, -0.2) is 22.9 Å². The minimum absolute atomic E-state index is 0.0430. The first-order valence-corrected chi connectivity index (χ1v) is 11.6. The second-order valence-electron chi connectivity index (χ2n) is 7.48. The molecular weight excluding hydrogens is 428 g/mol. The SMILES string of the molecule is CCCn1c(-c2ccccc2NS(=O)(=O)c2ccc(C)cc2)nc2cc([N+](=O)[O-])ccc21. The van der Waals surface area contributed by atoms with Gasteiger partial charge in [-0.3, -0.25) is 14.8 Å². The average Bonchev–Trinajstić information content (AvgIpc) is 3.12. The lowest BCUT2D eigenvalue weighted by Crippen LogP contribution is -2.14. The first kappa shape index (κ1) is 21.5. The van der Waals surface area contributed by atoms with E-state index >= 15 is 0 Å². The molecule has 0 saturated carbocycles. The Morgan fingerprint density at radius 1 is 1.06 bits per heavy atom. The van der Waals surface area contributed by atoms with Gasteiger partial charge < -0.3 is 4.57 Å². The number of hydrogen-bond acceptors (Lipinski definition) is 5. The average molecular weight is 451 g/mol. The van der Waals surface area contributed by atoms with Crippen molar-refractivity contribution >= 4 is 32.4 Å². The summed E-state index contributed by atoms with van der Waals surface area (Å²) in [6.07, 6.45) is 0.812. The summed E-state index contributed by atoms with van der Waals surface area (Å²) in [4.78, 5) is 15.5. The monoisotopic (exact) mass is 450 g/mol. The van der Waals surface area contributed by atoms with Gasteiger partial charge in [-0.05, 0) is 43.7 Å². The topological polar surface area (TPSA) is 107 Å². The number of anilines is 1. The number of rotatable bonds is 7. The number of fused-ring (bicyclic) bond motifs is 1. The molecule has 0 fully saturated rings. The largest absolute Gasteiger partial charge is 0.324 e. The molecule has 4 aromatic rings. The molecule has 4 rings (SSSR count). The maximum atomic E-state index is 13.0. The number of para-hydroxylation sites is 1. The second-order valence-corrected chi connectivity index (χ2v) is 9.16. The summed E-state index contributed by atoms with van der Waals surface area (Å²) in [5.74, 6) is 0.546. The zero-order valence-corrected chi connectivity index (χ0v) is 18.5. The van der Waals surface area contributed by atoms with Gasteiger partial charge in [0.1, 0.15) is 5.82 Å². The van der Waals surface area contributed by atoms with Gasteiger partial charge in [0, 0.05) is 24.2 Å². The number of imidazole rings is 1. The van der Waals surface area contributed by atoms with Gasteiger partial charge in [-0.15, -0.1) is 0 Å². The van der Waals surface area contributed by atoms with Crippen LogP contribution in [0.5, 0.6) is 0 Å². The third kappa shape index (κ3) is 4.06. The maximum absolute atomic E-state index is 13.0. The van der Waals surface area contributed by atoms with E-state index in [1.807, 2.05) is 18.4 Å². The Morgan fingerprint density at radius 3 is 2.47 bits per heavy atom. The standard InChI is InChI=1S/C23H22N4O4S/c1-3-14-26-22-13-10-17(27(28)29)15-21(22)24-23(26)19-6-4-5-7-20(19)25-32(30,31)18-11-8-16(2)9-12-18/h4-13,15,25H,3,14H2,1-2H3. The van der Waals surface area contributed by atoms with Crippen LogP contribution in [0, 0.1) is 17.0 Å². The molecule has 0 atom stereocenters. The van der Waals surface area contributed by atoms with Crippen molar-refractivity contribution < 1.29 is 13.3 Å². The molecule has 32 heavy (non-hydrogen) atoms. The highest BCUT2D eigenvalue weighted by Gasteiger charge is 2.21. The van der Waals surface area contributed by atoms with Crippen molar-refractivity contribution in [1.29, 1.82) is 0 Å². The molecule has 0 radical (unpaired) electrons. The van der Waals surface area contributed by atoms with Gasteiger partial charge in [-0.25, -0.2) is 13.4 Å². The lowest BCUT2D eigenvalue weighted by atomic mass is 10.1. The van der Waals surface area contributed by atoms with E-state index in [9.17, 15) is 18.5 Å². The third-order valence-corrected chi connectivity index (χ3v) is 6.51. The summed E-state index contributed by atoms with van der Waals surface area (Å²) in [5.41, 5.74) is 3.14. The van der Waals surface area contributed by atoms with E-state index in [2.05, 4.69) is 9.71 Å². The van der Waals surface area contributed by atoms with Crippen LogP contribution in [0.3, 0.4) is 0 Å². The third-order valence-electron chi connectivity index (χ3n) is 5.13. The van der Waals surface area contributed by atoms with Crippen molar-refractivity contribution in [2.45, 2.75) is 31.7 Å². The van der Waals surface area contributed by atoms with Gasteiger partial charge in [0.2, 0.25) is 0 Å². The molecule has 1 N–H and O–H groups in total. The van der Waals surface area contributed by atoms with Crippen molar-refractivity contribution in [2.75, 3.05) is 4.72 Å². The number of sulfonamides is 1. The van der Waals surface area contributed by atoms with Gasteiger partial charge in [0.25, 0.3) is 15.7 Å². The normalized spacial score (nSPS) is 11.6. The molecule has 9 heteroatoms. The minimum Gasteiger partial charge on any atom is -0.324 e. The Hall–Kier alpha value is -3.72. The van der Waals surface area contributed by atoms with E-state index in [0.29, 0.717) is 29.1 Å². The molecule has 8 nitrogen and oxygen atoms in total. The number of nitrogens with zero attached hydrogens (tertiary/aromatic N) is 3. The zero-order chi connectivity index (χ0) is 22.9. The van der Waals surface area contributed by atoms with Crippen LogP contribution in [-0.2, 0) is 16.6 Å². The molecule has 0 aliphatic rings.